The third-order valence-corrected chi connectivity index (χ3v) is 4.45. The molecule has 1 fully saturated rings. The average Bonchev–Trinajstić information content (AvgIpc) is 3.27. The lowest BCUT2D eigenvalue weighted by Gasteiger charge is -2.18. The van der Waals surface area contributed by atoms with E-state index in [2.05, 4.69) is 25.8 Å². The summed E-state index contributed by atoms with van der Waals surface area (Å²) in [6.07, 6.45) is 6.38. The summed E-state index contributed by atoms with van der Waals surface area (Å²) in [7, 11) is 0. The van der Waals surface area contributed by atoms with E-state index < -0.39 is 0 Å². The predicted octanol–water partition coefficient (Wildman–Crippen LogP) is 2.99. The van der Waals surface area contributed by atoms with Gasteiger partial charge in [0.25, 0.3) is 0 Å². The Labute approximate surface area is 147 Å². The van der Waals surface area contributed by atoms with Gasteiger partial charge in [0, 0.05) is 12.1 Å². The number of hydrogen-bond donors (Lipinski definition) is 3. The maximum atomic E-state index is 12.1. The van der Waals surface area contributed by atoms with Crippen molar-refractivity contribution in [3.63, 3.8) is 0 Å². The Kier molecular flexibility index (Phi) is 5.53. The summed E-state index contributed by atoms with van der Waals surface area (Å²) in [5, 5.41) is 12.3. The summed E-state index contributed by atoms with van der Waals surface area (Å²) >= 11 is 0. The van der Waals surface area contributed by atoms with Gasteiger partial charge in [-0.2, -0.15) is 5.10 Å². The zero-order valence-corrected chi connectivity index (χ0v) is 14.7. The fraction of sp³-hybridized carbons (Fsp3) is 0.500. The second-order valence-corrected chi connectivity index (χ2v) is 6.55. The number of carbonyl (C=O) groups is 1. The summed E-state index contributed by atoms with van der Waals surface area (Å²) in [5.41, 5.74) is 2.14. The number of amides is 2. The highest BCUT2D eigenvalue weighted by Crippen LogP contribution is 2.27. The van der Waals surface area contributed by atoms with Crippen molar-refractivity contribution >= 4 is 6.03 Å². The van der Waals surface area contributed by atoms with Gasteiger partial charge in [-0.3, -0.25) is 5.10 Å². The molecule has 1 unspecified atom stereocenters. The Hall–Kier alpha value is -2.57. The normalized spacial score (nSPS) is 15.8. The Morgan fingerprint density at radius 2 is 2.20 bits per heavy atom. The molecule has 2 amide bonds. The number of hydrogen-bond acceptors (Lipinski definition) is 4. The van der Waals surface area contributed by atoms with Gasteiger partial charge in [-0.1, -0.05) is 12.1 Å². The number of rotatable bonds is 6. The fourth-order valence-electron chi connectivity index (χ4n) is 3.02. The maximum absolute atomic E-state index is 12.1. The smallest absolute Gasteiger partial charge is 0.315 e. The van der Waals surface area contributed by atoms with Crippen LogP contribution >= 0.6 is 0 Å². The van der Waals surface area contributed by atoms with Gasteiger partial charge in [0.05, 0.1) is 12.1 Å². The van der Waals surface area contributed by atoms with Crippen LogP contribution in [0.1, 0.15) is 55.6 Å². The van der Waals surface area contributed by atoms with Crippen molar-refractivity contribution in [2.75, 3.05) is 0 Å². The molecule has 0 saturated heterocycles. The number of aromatic nitrogens is 3. The van der Waals surface area contributed by atoms with Gasteiger partial charge in [0.2, 0.25) is 0 Å². The van der Waals surface area contributed by atoms with Gasteiger partial charge >= 0.3 is 6.03 Å². The molecule has 2 aromatic rings. The van der Waals surface area contributed by atoms with Crippen molar-refractivity contribution in [1.82, 2.24) is 25.8 Å². The molecule has 7 nitrogen and oxygen atoms in total. The predicted molar refractivity (Wildman–Crippen MR) is 94.2 cm³/mol. The second-order valence-electron chi connectivity index (χ2n) is 6.55. The van der Waals surface area contributed by atoms with Crippen LogP contribution < -0.4 is 15.4 Å². The van der Waals surface area contributed by atoms with Crippen molar-refractivity contribution in [3.8, 4) is 5.75 Å². The Morgan fingerprint density at radius 3 is 2.92 bits per heavy atom. The quantitative estimate of drug-likeness (QED) is 0.752. The molecule has 1 saturated carbocycles. The molecule has 1 atom stereocenters. The molecule has 1 aliphatic rings. The van der Waals surface area contributed by atoms with Gasteiger partial charge in [-0.15, -0.1) is 0 Å². The zero-order chi connectivity index (χ0) is 17.6. The van der Waals surface area contributed by atoms with Crippen LogP contribution in [0.15, 0.2) is 24.5 Å². The minimum atomic E-state index is -0.253. The molecular formula is C18H25N5O2. The molecule has 3 rings (SSSR count). The SMILES string of the molecule is Cc1ccc(CNC(=O)NC(C)c2ncn[nH]2)c(OC2CCCC2)c1. The van der Waals surface area contributed by atoms with E-state index in [-0.39, 0.29) is 12.1 Å². The summed E-state index contributed by atoms with van der Waals surface area (Å²) in [6.45, 7) is 4.31. The van der Waals surface area contributed by atoms with Crippen LogP contribution in [0.5, 0.6) is 5.75 Å². The number of benzene rings is 1. The number of aryl methyl sites for hydroxylation is 1. The van der Waals surface area contributed by atoms with Crippen LogP contribution in [0.3, 0.4) is 0 Å². The second kappa shape index (κ2) is 8.00. The third kappa shape index (κ3) is 4.71. The van der Waals surface area contributed by atoms with E-state index in [0.717, 1.165) is 29.7 Å². The van der Waals surface area contributed by atoms with E-state index >= 15 is 0 Å². The Bertz CT molecular complexity index is 695. The molecule has 134 valence electrons. The van der Waals surface area contributed by atoms with Crippen LogP contribution in [0.25, 0.3) is 0 Å². The van der Waals surface area contributed by atoms with E-state index in [1.54, 1.807) is 0 Å². The fourth-order valence-corrected chi connectivity index (χ4v) is 3.02. The number of ether oxygens (including phenoxy) is 1. The lowest BCUT2D eigenvalue weighted by molar-refractivity contribution is 0.207. The molecule has 25 heavy (non-hydrogen) atoms. The molecule has 1 aliphatic carbocycles. The first-order valence-electron chi connectivity index (χ1n) is 8.77. The van der Waals surface area contributed by atoms with Crippen molar-refractivity contribution in [2.24, 2.45) is 0 Å². The van der Waals surface area contributed by atoms with Crippen LogP contribution in [-0.2, 0) is 6.54 Å². The molecule has 1 aromatic heterocycles. The maximum Gasteiger partial charge on any atom is 0.315 e. The highest BCUT2D eigenvalue weighted by Gasteiger charge is 2.18. The third-order valence-electron chi connectivity index (χ3n) is 4.45. The minimum Gasteiger partial charge on any atom is -0.490 e. The number of nitrogens with one attached hydrogen (secondary N) is 3. The van der Waals surface area contributed by atoms with Crippen molar-refractivity contribution in [1.29, 1.82) is 0 Å². The van der Waals surface area contributed by atoms with Gasteiger partial charge in [0.15, 0.2) is 0 Å². The molecule has 1 aromatic carbocycles. The van der Waals surface area contributed by atoms with E-state index in [1.165, 1.54) is 19.2 Å². The minimum absolute atomic E-state index is 0.241. The molecule has 0 aliphatic heterocycles. The zero-order valence-electron chi connectivity index (χ0n) is 14.7. The number of aromatic amines is 1. The van der Waals surface area contributed by atoms with Crippen LogP contribution in [0.2, 0.25) is 0 Å². The molecule has 7 heteroatoms. The Balaban J connectivity index is 1.57. The van der Waals surface area contributed by atoms with Crippen LogP contribution in [-0.4, -0.2) is 27.3 Å². The number of nitrogens with zero attached hydrogens (tertiary/aromatic N) is 2. The van der Waals surface area contributed by atoms with Crippen LogP contribution in [0.4, 0.5) is 4.79 Å². The number of carbonyl (C=O) groups excluding carboxylic acids is 1. The lowest BCUT2D eigenvalue weighted by atomic mass is 10.1. The van der Waals surface area contributed by atoms with Crippen LogP contribution in [0, 0.1) is 6.92 Å². The van der Waals surface area contributed by atoms with E-state index in [1.807, 2.05) is 32.0 Å². The first kappa shape index (κ1) is 17.3. The topological polar surface area (TPSA) is 91.9 Å². The van der Waals surface area contributed by atoms with Crippen molar-refractivity contribution in [3.05, 3.63) is 41.5 Å². The van der Waals surface area contributed by atoms with Gasteiger partial charge in [0.1, 0.15) is 17.9 Å². The largest absolute Gasteiger partial charge is 0.490 e. The Morgan fingerprint density at radius 1 is 1.40 bits per heavy atom. The first-order chi connectivity index (χ1) is 12.1. The van der Waals surface area contributed by atoms with Crippen molar-refractivity contribution < 1.29 is 9.53 Å². The lowest BCUT2D eigenvalue weighted by Crippen LogP contribution is -2.37. The number of H-pyrrole nitrogens is 1. The highest BCUT2D eigenvalue weighted by atomic mass is 16.5. The van der Waals surface area contributed by atoms with E-state index in [0.29, 0.717) is 18.5 Å². The summed E-state index contributed by atoms with van der Waals surface area (Å²) < 4.78 is 6.16. The summed E-state index contributed by atoms with van der Waals surface area (Å²) in [6, 6.07) is 5.60. The monoisotopic (exact) mass is 343 g/mol. The molecule has 0 bridgehead atoms. The van der Waals surface area contributed by atoms with Gasteiger partial charge in [-0.25, -0.2) is 9.78 Å². The number of urea groups is 1. The van der Waals surface area contributed by atoms with Gasteiger partial charge < -0.3 is 15.4 Å². The van der Waals surface area contributed by atoms with Crippen molar-refractivity contribution in [2.45, 2.75) is 58.2 Å². The molecule has 0 radical (unpaired) electrons. The van der Waals surface area contributed by atoms with E-state index in [4.69, 9.17) is 4.74 Å². The molecular weight excluding hydrogens is 318 g/mol. The summed E-state index contributed by atoms with van der Waals surface area (Å²) in [4.78, 5) is 16.2. The molecule has 1 heterocycles. The average molecular weight is 343 g/mol. The molecule has 3 N–H and O–H groups in total. The van der Waals surface area contributed by atoms with Gasteiger partial charge in [-0.05, 0) is 51.2 Å². The first-order valence-corrected chi connectivity index (χ1v) is 8.77. The highest BCUT2D eigenvalue weighted by molar-refractivity contribution is 5.74. The summed E-state index contributed by atoms with van der Waals surface area (Å²) in [5.74, 6) is 1.49. The standard InChI is InChI=1S/C18H25N5O2/c1-12-7-8-14(16(9-12)25-15-5-3-4-6-15)10-19-18(24)22-13(2)17-20-11-21-23-17/h7-9,11,13,15H,3-6,10H2,1-2H3,(H2,19,22,24)(H,20,21,23). The van der Waals surface area contributed by atoms with E-state index in [9.17, 15) is 4.79 Å². The molecule has 0 spiro atoms.